The number of rotatable bonds is 6. The van der Waals surface area contributed by atoms with Crippen LogP contribution in [-0.4, -0.2) is 84.4 Å². The molecule has 0 radical (unpaired) electrons. The summed E-state index contributed by atoms with van der Waals surface area (Å²) < 4.78 is 5.43. The number of hydrogen-bond acceptors (Lipinski definition) is 8. The summed E-state index contributed by atoms with van der Waals surface area (Å²) in [5.74, 6) is 2.71. The molecule has 2 aromatic heterocycles. The molecular weight excluding hydrogens is 382 g/mol. The van der Waals surface area contributed by atoms with Gasteiger partial charge in [0.25, 0.3) is 5.56 Å². The number of H-pyrrole nitrogens is 1. The molecule has 4 heterocycles. The number of nitrogens with zero attached hydrogens (tertiary/aromatic N) is 6. The Morgan fingerprint density at radius 3 is 2.90 bits per heavy atom. The van der Waals surface area contributed by atoms with Gasteiger partial charge in [-0.15, -0.1) is 0 Å². The highest BCUT2D eigenvalue weighted by Gasteiger charge is 2.23. The lowest BCUT2D eigenvalue weighted by Gasteiger charge is -2.33. The van der Waals surface area contributed by atoms with Gasteiger partial charge in [-0.1, -0.05) is 0 Å². The predicted octanol–water partition coefficient (Wildman–Crippen LogP) is 1.02. The van der Waals surface area contributed by atoms with Gasteiger partial charge in [-0.05, 0) is 32.4 Å². The maximum atomic E-state index is 11.8. The lowest BCUT2D eigenvalue weighted by atomic mass is 9.94. The molecule has 9 nitrogen and oxygen atoms in total. The number of aromatic amines is 1. The van der Waals surface area contributed by atoms with Crippen LogP contribution in [0.2, 0.25) is 0 Å². The molecule has 0 aromatic carbocycles. The quantitative estimate of drug-likeness (QED) is 0.751. The highest BCUT2D eigenvalue weighted by molar-refractivity contribution is 5.43. The number of anilines is 2. The largest absolute Gasteiger partial charge is 0.378 e. The van der Waals surface area contributed by atoms with Crippen LogP contribution in [0.3, 0.4) is 0 Å². The van der Waals surface area contributed by atoms with Crippen LogP contribution in [0, 0.1) is 6.92 Å². The van der Waals surface area contributed by atoms with Crippen LogP contribution in [-0.2, 0) is 4.74 Å². The first-order valence-electron chi connectivity index (χ1n) is 10.8. The number of aromatic nitrogens is 4. The van der Waals surface area contributed by atoms with Crippen molar-refractivity contribution in [2.24, 2.45) is 0 Å². The molecule has 2 aromatic rings. The zero-order chi connectivity index (χ0) is 20.9. The first-order valence-corrected chi connectivity index (χ1v) is 10.8. The van der Waals surface area contributed by atoms with Crippen molar-refractivity contribution in [1.29, 1.82) is 0 Å². The zero-order valence-electron chi connectivity index (χ0n) is 17.9. The standard InChI is InChI=1S/C21H31N7O2/c1-16-23-18(14-20(29)24-16)17-4-3-7-27(15-17)9-8-26(2)21-22-6-5-19(25-21)28-10-12-30-13-11-28/h5-6,14,17H,3-4,7-13,15H2,1-2H3,(H,23,24,29). The van der Waals surface area contributed by atoms with E-state index in [0.29, 0.717) is 11.7 Å². The molecule has 0 spiro atoms. The minimum absolute atomic E-state index is 0.0633. The first-order chi connectivity index (χ1) is 14.6. The molecule has 30 heavy (non-hydrogen) atoms. The average Bonchev–Trinajstić information content (AvgIpc) is 2.78. The Hall–Kier alpha value is -2.52. The number of piperidine rings is 1. The minimum atomic E-state index is -0.0633. The van der Waals surface area contributed by atoms with E-state index < -0.39 is 0 Å². The molecule has 2 aliphatic heterocycles. The van der Waals surface area contributed by atoms with Gasteiger partial charge in [0, 0.05) is 58.0 Å². The average molecular weight is 414 g/mol. The van der Waals surface area contributed by atoms with Gasteiger partial charge in [0.15, 0.2) is 0 Å². The van der Waals surface area contributed by atoms with Crippen molar-refractivity contribution in [3.8, 4) is 0 Å². The first kappa shape index (κ1) is 20.7. The van der Waals surface area contributed by atoms with Crippen LogP contribution in [0.5, 0.6) is 0 Å². The van der Waals surface area contributed by atoms with E-state index in [1.807, 2.05) is 26.2 Å². The van der Waals surface area contributed by atoms with Crippen molar-refractivity contribution < 1.29 is 4.74 Å². The molecule has 9 heteroatoms. The maximum Gasteiger partial charge on any atom is 0.251 e. The molecule has 0 aliphatic carbocycles. The second-order valence-corrected chi connectivity index (χ2v) is 8.13. The third-order valence-corrected chi connectivity index (χ3v) is 5.86. The Morgan fingerprint density at radius 2 is 2.10 bits per heavy atom. The summed E-state index contributed by atoms with van der Waals surface area (Å²) in [4.78, 5) is 35.2. The summed E-state index contributed by atoms with van der Waals surface area (Å²) in [7, 11) is 2.04. The van der Waals surface area contributed by atoms with Gasteiger partial charge in [0.1, 0.15) is 11.6 Å². The molecule has 2 aliphatic rings. The van der Waals surface area contributed by atoms with Crippen molar-refractivity contribution in [3.63, 3.8) is 0 Å². The van der Waals surface area contributed by atoms with E-state index in [-0.39, 0.29) is 5.56 Å². The lowest BCUT2D eigenvalue weighted by molar-refractivity contribution is 0.122. The minimum Gasteiger partial charge on any atom is -0.378 e. The zero-order valence-corrected chi connectivity index (χ0v) is 17.9. The van der Waals surface area contributed by atoms with E-state index in [1.54, 1.807) is 6.07 Å². The fraction of sp³-hybridized carbons (Fsp3) is 0.619. The fourth-order valence-corrected chi connectivity index (χ4v) is 4.19. The van der Waals surface area contributed by atoms with Gasteiger partial charge < -0.3 is 24.4 Å². The van der Waals surface area contributed by atoms with Crippen molar-refractivity contribution in [1.82, 2.24) is 24.8 Å². The topological polar surface area (TPSA) is 90.5 Å². The van der Waals surface area contributed by atoms with E-state index in [2.05, 4.69) is 29.7 Å². The smallest absolute Gasteiger partial charge is 0.251 e. The van der Waals surface area contributed by atoms with E-state index >= 15 is 0 Å². The number of morpholine rings is 1. The van der Waals surface area contributed by atoms with Crippen LogP contribution in [0.15, 0.2) is 23.1 Å². The molecule has 162 valence electrons. The van der Waals surface area contributed by atoms with E-state index in [9.17, 15) is 4.79 Å². The monoisotopic (exact) mass is 413 g/mol. The Balaban J connectivity index is 1.34. The lowest BCUT2D eigenvalue weighted by Crippen LogP contribution is -2.40. The number of likely N-dealkylation sites (N-methyl/N-ethyl adjacent to an activating group) is 1. The third kappa shape index (κ3) is 5.14. The number of aryl methyl sites for hydroxylation is 1. The number of likely N-dealkylation sites (tertiary alicyclic amines) is 1. The highest BCUT2D eigenvalue weighted by atomic mass is 16.5. The molecule has 2 saturated heterocycles. The number of nitrogens with one attached hydrogen (secondary N) is 1. The fourth-order valence-electron chi connectivity index (χ4n) is 4.19. The molecule has 4 rings (SSSR count). The van der Waals surface area contributed by atoms with Gasteiger partial charge in [-0.2, -0.15) is 4.98 Å². The SMILES string of the molecule is Cc1nc(C2CCCN(CCN(C)c3nccc(N4CCOCC4)n3)C2)cc(=O)[nH]1. The number of hydrogen-bond donors (Lipinski definition) is 1. The van der Waals surface area contributed by atoms with Crippen LogP contribution in [0.4, 0.5) is 11.8 Å². The predicted molar refractivity (Wildman–Crippen MR) is 116 cm³/mol. The maximum absolute atomic E-state index is 11.8. The van der Waals surface area contributed by atoms with Crippen molar-refractivity contribution in [2.75, 3.05) is 69.3 Å². The van der Waals surface area contributed by atoms with E-state index in [4.69, 9.17) is 9.72 Å². The molecule has 0 bridgehead atoms. The van der Waals surface area contributed by atoms with Crippen molar-refractivity contribution >= 4 is 11.8 Å². The Labute approximate surface area is 177 Å². The van der Waals surface area contributed by atoms with Gasteiger partial charge in [0.2, 0.25) is 5.95 Å². The molecule has 2 fully saturated rings. The van der Waals surface area contributed by atoms with Crippen LogP contribution < -0.4 is 15.4 Å². The van der Waals surface area contributed by atoms with Crippen molar-refractivity contribution in [3.05, 3.63) is 40.2 Å². The summed E-state index contributed by atoms with van der Waals surface area (Å²) in [6, 6.07) is 3.62. The van der Waals surface area contributed by atoms with E-state index in [0.717, 1.165) is 82.8 Å². The van der Waals surface area contributed by atoms with Crippen LogP contribution in [0.1, 0.15) is 30.3 Å². The molecule has 0 saturated carbocycles. The summed E-state index contributed by atoms with van der Waals surface area (Å²) in [6.07, 6.45) is 4.03. The summed E-state index contributed by atoms with van der Waals surface area (Å²) in [5, 5.41) is 0. The molecular formula is C21H31N7O2. The summed E-state index contributed by atoms with van der Waals surface area (Å²) in [6.45, 7) is 8.84. The molecule has 1 N–H and O–H groups in total. The highest BCUT2D eigenvalue weighted by Crippen LogP contribution is 2.25. The van der Waals surface area contributed by atoms with Gasteiger partial charge in [0.05, 0.1) is 18.9 Å². The Kier molecular flexibility index (Phi) is 6.59. The number of ether oxygens (including phenoxy) is 1. The summed E-state index contributed by atoms with van der Waals surface area (Å²) in [5.41, 5.74) is 0.850. The van der Waals surface area contributed by atoms with E-state index in [1.165, 1.54) is 0 Å². The normalized spacial score (nSPS) is 20.3. The molecule has 0 amide bonds. The Morgan fingerprint density at radius 1 is 1.27 bits per heavy atom. The second-order valence-electron chi connectivity index (χ2n) is 8.13. The third-order valence-electron chi connectivity index (χ3n) is 5.86. The molecule has 1 atom stereocenters. The summed E-state index contributed by atoms with van der Waals surface area (Å²) >= 11 is 0. The van der Waals surface area contributed by atoms with Gasteiger partial charge >= 0.3 is 0 Å². The van der Waals surface area contributed by atoms with Gasteiger partial charge in [-0.25, -0.2) is 9.97 Å². The van der Waals surface area contributed by atoms with Crippen LogP contribution in [0.25, 0.3) is 0 Å². The van der Waals surface area contributed by atoms with Crippen molar-refractivity contribution in [2.45, 2.75) is 25.7 Å². The Bertz CT molecular complexity index is 897. The second kappa shape index (κ2) is 9.53. The van der Waals surface area contributed by atoms with Gasteiger partial charge in [-0.3, -0.25) is 4.79 Å². The molecule has 1 unspecified atom stereocenters. The van der Waals surface area contributed by atoms with Crippen LogP contribution >= 0.6 is 0 Å².